The first-order valence-electron chi connectivity index (χ1n) is 6.32. The van der Waals surface area contributed by atoms with E-state index in [0.717, 1.165) is 18.0 Å². The van der Waals surface area contributed by atoms with Crippen LogP contribution in [0.25, 0.3) is 0 Å². The van der Waals surface area contributed by atoms with Crippen LogP contribution in [0, 0.1) is 0 Å². The molecular formula is C16H19NOS. The van der Waals surface area contributed by atoms with Crippen molar-refractivity contribution in [3.05, 3.63) is 54.6 Å². The molecule has 2 aromatic carbocycles. The summed E-state index contributed by atoms with van der Waals surface area (Å²) < 4.78 is 5.25. The predicted octanol–water partition coefficient (Wildman–Crippen LogP) is 3.92. The Labute approximate surface area is 119 Å². The zero-order valence-corrected chi connectivity index (χ0v) is 12.2. The summed E-state index contributed by atoms with van der Waals surface area (Å²) in [5.74, 6) is 1.97. The van der Waals surface area contributed by atoms with Gasteiger partial charge in [0.25, 0.3) is 0 Å². The first-order chi connectivity index (χ1) is 9.29. The first kappa shape index (κ1) is 13.8. The van der Waals surface area contributed by atoms with E-state index in [2.05, 4.69) is 48.3 Å². The fraction of sp³-hybridized carbons (Fsp3) is 0.250. The van der Waals surface area contributed by atoms with Crippen LogP contribution < -0.4 is 9.64 Å². The van der Waals surface area contributed by atoms with Crippen molar-refractivity contribution in [1.29, 1.82) is 0 Å². The van der Waals surface area contributed by atoms with Crippen LogP contribution in [0.2, 0.25) is 0 Å². The number of hydrogen-bond donors (Lipinski definition) is 0. The number of rotatable bonds is 6. The summed E-state index contributed by atoms with van der Waals surface area (Å²) >= 11 is 1.88. The monoisotopic (exact) mass is 273 g/mol. The van der Waals surface area contributed by atoms with E-state index >= 15 is 0 Å². The molecule has 2 nitrogen and oxygen atoms in total. The molecule has 100 valence electrons. The van der Waals surface area contributed by atoms with E-state index in [1.54, 1.807) is 7.11 Å². The largest absolute Gasteiger partial charge is 0.497 e. The zero-order valence-electron chi connectivity index (χ0n) is 11.4. The minimum Gasteiger partial charge on any atom is -0.497 e. The van der Waals surface area contributed by atoms with Crippen LogP contribution in [0.1, 0.15) is 0 Å². The van der Waals surface area contributed by atoms with Crippen LogP contribution >= 0.6 is 11.8 Å². The van der Waals surface area contributed by atoms with Gasteiger partial charge in [-0.3, -0.25) is 0 Å². The summed E-state index contributed by atoms with van der Waals surface area (Å²) in [4.78, 5) is 3.57. The van der Waals surface area contributed by atoms with Crippen molar-refractivity contribution in [2.75, 3.05) is 31.4 Å². The second-order valence-corrected chi connectivity index (χ2v) is 5.45. The van der Waals surface area contributed by atoms with E-state index in [-0.39, 0.29) is 0 Å². The molecule has 0 saturated heterocycles. The molecule has 0 aliphatic carbocycles. The molecule has 0 unspecified atom stereocenters. The molecule has 0 heterocycles. The molecule has 19 heavy (non-hydrogen) atoms. The minimum atomic E-state index is 0.903. The molecule has 0 fully saturated rings. The molecule has 0 saturated carbocycles. The van der Waals surface area contributed by atoms with E-state index in [4.69, 9.17) is 4.74 Å². The fourth-order valence-electron chi connectivity index (χ4n) is 1.79. The maximum absolute atomic E-state index is 5.25. The molecule has 0 atom stereocenters. The summed E-state index contributed by atoms with van der Waals surface area (Å²) in [6, 6.07) is 18.7. The molecule has 0 bridgehead atoms. The van der Waals surface area contributed by atoms with Gasteiger partial charge in [-0.1, -0.05) is 24.3 Å². The van der Waals surface area contributed by atoms with Crippen LogP contribution in [0.5, 0.6) is 5.75 Å². The van der Waals surface area contributed by atoms with Gasteiger partial charge in [0.2, 0.25) is 0 Å². The van der Waals surface area contributed by atoms with E-state index in [1.165, 1.54) is 10.6 Å². The Morgan fingerprint density at radius 1 is 1.05 bits per heavy atom. The third-order valence-electron chi connectivity index (χ3n) is 2.93. The quantitative estimate of drug-likeness (QED) is 0.740. The Morgan fingerprint density at radius 2 is 1.84 bits per heavy atom. The Morgan fingerprint density at radius 3 is 2.58 bits per heavy atom. The summed E-state index contributed by atoms with van der Waals surface area (Å²) in [5, 5.41) is 0. The van der Waals surface area contributed by atoms with E-state index in [0.29, 0.717) is 0 Å². The Balaban J connectivity index is 1.85. The molecule has 0 N–H and O–H groups in total. The maximum atomic E-state index is 5.25. The normalized spacial score (nSPS) is 10.2. The molecule has 0 aromatic heterocycles. The predicted molar refractivity (Wildman–Crippen MR) is 83.4 cm³/mol. The van der Waals surface area contributed by atoms with E-state index in [1.807, 2.05) is 30.0 Å². The summed E-state index contributed by atoms with van der Waals surface area (Å²) in [6.45, 7) is 1.01. The molecule has 0 spiro atoms. The Hall–Kier alpha value is -1.61. The highest BCUT2D eigenvalue weighted by Crippen LogP contribution is 2.21. The number of anilines is 1. The highest BCUT2D eigenvalue weighted by Gasteiger charge is 2.02. The first-order valence-corrected chi connectivity index (χ1v) is 7.31. The van der Waals surface area contributed by atoms with Crippen LogP contribution in [0.15, 0.2) is 59.5 Å². The standard InChI is InChI=1S/C16H19NOS/c1-17(14-7-6-8-15(13-14)18-2)11-12-19-16-9-4-3-5-10-16/h3-10,13H,11-12H2,1-2H3. The maximum Gasteiger partial charge on any atom is 0.120 e. The molecule has 0 radical (unpaired) electrons. The van der Waals surface area contributed by atoms with Crippen molar-refractivity contribution in [2.24, 2.45) is 0 Å². The number of benzene rings is 2. The topological polar surface area (TPSA) is 12.5 Å². The molecule has 0 aliphatic heterocycles. The van der Waals surface area contributed by atoms with Gasteiger partial charge in [-0.05, 0) is 24.3 Å². The van der Waals surface area contributed by atoms with Crippen molar-refractivity contribution in [3.63, 3.8) is 0 Å². The molecule has 2 rings (SSSR count). The molecule has 3 heteroatoms. The lowest BCUT2D eigenvalue weighted by Crippen LogP contribution is -2.20. The van der Waals surface area contributed by atoms with E-state index in [9.17, 15) is 0 Å². The Kier molecular flexibility index (Phi) is 5.16. The van der Waals surface area contributed by atoms with Crippen LogP contribution in [-0.4, -0.2) is 26.5 Å². The number of nitrogens with zero attached hydrogens (tertiary/aromatic N) is 1. The third kappa shape index (κ3) is 4.21. The van der Waals surface area contributed by atoms with Gasteiger partial charge in [-0.15, -0.1) is 11.8 Å². The van der Waals surface area contributed by atoms with Crippen molar-refractivity contribution in [2.45, 2.75) is 4.90 Å². The van der Waals surface area contributed by atoms with Crippen LogP contribution in [-0.2, 0) is 0 Å². The van der Waals surface area contributed by atoms with Crippen LogP contribution in [0.3, 0.4) is 0 Å². The number of hydrogen-bond acceptors (Lipinski definition) is 3. The van der Waals surface area contributed by atoms with Crippen molar-refractivity contribution < 1.29 is 4.74 Å². The van der Waals surface area contributed by atoms with Gasteiger partial charge in [0.15, 0.2) is 0 Å². The molecular weight excluding hydrogens is 254 g/mol. The number of methoxy groups -OCH3 is 1. The second kappa shape index (κ2) is 7.10. The van der Waals surface area contributed by atoms with Gasteiger partial charge in [-0.2, -0.15) is 0 Å². The SMILES string of the molecule is COc1cccc(N(C)CCSc2ccccc2)c1. The highest BCUT2D eigenvalue weighted by molar-refractivity contribution is 7.99. The summed E-state index contributed by atoms with van der Waals surface area (Å²) in [6.07, 6.45) is 0. The molecule has 2 aromatic rings. The zero-order chi connectivity index (χ0) is 13.5. The minimum absolute atomic E-state index is 0.903. The van der Waals surface area contributed by atoms with Crippen molar-refractivity contribution in [1.82, 2.24) is 0 Å². The smallest absolute Gasteiger partial charge is 0.120 e. The van der Waals surface area contributed by atoms with Gasteiger partial charge in [0, 0.05) is 36.0 Å². The third-order valence-corrected chi connectivity index (χ3v) is 3.92. The van der Waals surface area contributed by atoms with Gasteiger partial charge < -0.3 is 9.64 Å². The summed E-state index contributed by atoms with van der Waals surface area (Å²) in [5.41, 5.74) is 1.19. The fourth-order valence-corrected chi connectivity index (χ4v) is 2.74. The van der Waals surface area contributed by atoms with Gasteiger partial charge in [0.1, 0.15) is 5.75 Å². The Bertz CT molecular complexity index is 501. The van der Waals surface area contributed by atoms with Gasteiger partial charge in [-0.25, -0.2) is 0 Å². The second-order valence-electron chi connectivity index (χ2n) is 4.28. The van der Waals surface area contributed by atoms with E-state index < -0.39 is 0 Å². The lowest BCUT2D eigenvalue weighted by molar-refractivity contribution is 0.415. The number of thioether (sulfide) groups is 1. The van der Waals surface area contributed by atoms with Crippen LogP contribution in [0.4, 0.5) is 5.69 Å². The van der Waals surface area contributed by atoms with Gasteiger partial charge >= 0.3 is 0 Å². The average Bonchev–Trinajstić information content (AvgIpc) is 2.48. The summed E-state index contributed by atoms with van der Waals surface area (Å²) in [7, 11) is 3.81. The molecule has 0 aliphatic rings. The lowest BCUT2D eigenvalue weighted by Gasteiger charge is -2.19. The molecule has 0 amide bonds. The highest BCUT2D eigenvalue weighted by atomic mass is 32.2. The van der Waals surface area contributed by atoms with Gasteiger partial charge in [0.05, 0.1) is 7.11 Å². The lowest BCUT2D eigenvalue weighted by atomic mass is 10.3. The van der Waals surface area contributed by atoms with Crippen molar-refractivity contribution >= 4 is 17.4 Å². The average molecular weight is 273 g/mol. The van der Waals surface area contributed by atoms with Crippen molar-refractivity contribution in [3.8, 4) is 5.75 Å². The number of ether oxygens (including phenoxy) is 1.